The zero-order valence-corrected chi connectivity index (χ0v) is 20.9. The standard InChI is InChI=1S/C30H29NO6/c1-3-35-30(33)29-28(22-7-5-9-24(15-22)36-18-20-10-11-20)26-16-25(37-19-32)12-13-27(26)31(29)17-21-6-4-8-23(14-21)34-2/h4-9,12-16,19-20H,3,10-11,17-18H2,1-2H3. The van der Waals surface area contributed by atoms with Gasteiger partial charge in [0.1, 0.15) is 22.9 Å². The van der Waals surface area contributed by atoms with Gasteiger partial charge in [0, 0.05) is 23.0 Å². The lowest BCUT2D eigenvalue weighted by atomic mass is 10.0. The monoisotopic (exact) mass is 499 g/mol. The van der Waals surface area contributed by atoms with Crippen LogP contribution in [-0.4, -0.2) is 37.3 Å². The van der Waals surface area contributed by atoms with Crippen molar-refractivity contribution in [3.8, 4) is 28.4 Å². The van der Waals surface area contributed by atoms with Crippen molar-refractivity contribution in [2.45, 2.75) is 26.3 Å². The Labute approximate surface area is 215 Å². The zero-order valence-electron chi connectivity index (χ0n) is 20.9. The van der Waals surface area contributed by atoms with Crippen LogP contribution >= 0.6 is 0 Å². The number of methoxy groups -OCH3 is 1. The van der Waals surface area contributed by atoms with Gasteiger partial charge in [0.2, 0.25) is 0 Å². The number of hydrogen-bond donors (Lipinski definition) is 0. The molecular weight excluding hydrogens is 470 g/mol. The molecule has 7 heteroatoms. The number of carbonyl (C=O) groups excluding carboxylic acids is 2. The average molecular weight is 500 g/mol. The second-order valence-electron chi connectivity index (χ2n) is 9.06. The van der Waals surface area contributed by atoms with E-state index in [4.69, 9.17) is 18.9 Å². The first-order chi connectivity index (χ1) is 18.1. The molecule has 3 aromatic carbocycles. The fourth-order valence-electron chi connectivity index (χ4n) is 4.52. The van der Waals surface area contributed by atoms with Crippen molar-refractivity contribution in [3.63, 3.8) is 0 Å². The van der Waals surface area contributed by atoms with Crippen LogP contribution < -0.4 is 14.2 Å². The highest BCUT2D eigenvalue weighted by Crippen LogP contribution is 2.39. The molecule has 1 aliphatic carbocycles. The Hall–Kier alpha value is -4.26. The number of ether oxygens (including phenoxy) is 4. The molecule has 0 atom stereocenters. The van der Waals surface area contributed by atoms with Gasteiger partial charge in [-0.2, -0.15) is 0 Å². The van der Waals surface area contributed by atoms with Gasteiger partial charge < -0.3 is 23.5 Å². The molecule has 0 bridgehead atoms. The van der Waals surface area contributed by atoms with Gasteiger partial charge in [0.15, 0.2) is 0 Å². The molecule has 0 amide bonds. The Bertz CT molecular complexity index is 1440. The lowest BCUT2D eigenvalue weighted by Crippen LogP contribution is -2.14. The number of benzene rings is 3. The number of carbonyl (C=O) groups is 2. The Morgan fingerprint density at radius 3 is 2.57 bits per heavy atom. The summed E-state index contributed by atoms with van der Waals surface area (Å²) in [6, 6.07) is 20.8. The summed E-state index contributed by atoms with van der Waals surface area (Å²) in [6.07, 6.45) is 2.40. The van der Waals surface area contributed by atoms with Gasteiger partial charge in [0.05, 0.1) is 20.3 Å². The molecule has 0 saturated heterocycles. The van der Waals surface area contributed by atoms with Gasteiger partial charge in [-0.05, 0) is 79.3 Å². The lowest BCUT2D eigenvalue weighted by Gasteiger charge is -2.13. The van der Waals surface area contributed by atoms with Crippen molar-refractivity contribution in [3.05, 3.63) is 78.0 Å². The fourth-order valence-corrected chi connectivity index (χ4v) is 4.52. The van der Waals surface area contributed by atoms with Crippen LogP contribution in [0.4, 0.5) is 0 Å². The summed E-state index contributed by atoms with van der Waals surface area (Å²) >= 11 is 0. The molecule has 190 valence electrons. The van der Waals surface area contributed by atoms with E-state index in [1.54, 1.807) is 26.2 Å². The van der Waals surface area contributed by atoms with Crippen LogP contribution in [-0.2, 0) is 16.1 Å². The summed E-state index contributed by atoms with van der Waals surface area (Å²) in [5.41, 5.74) is 3.70. The summed E-state index contributed by atoms with van der Waals surface area (Å²) in [6.45, 7) is 3.52. The predicted octanol–water partition coefficient (Wildman–Crippen LogP) is 5.87. The molecular formula is C30H29NO6. The van der Waals surface area contributed by atoms with Gasteiger partial charge >= 0.3 is 5.97 Å². The van der Waals surface area contributed by atoms with Crippen LogP contribution in [0.15, 0.2) is 66.7 Å². The molecule has 1 aromatic heterocycles. The Morgan fingerprint density at radius 2 is 1.81 bits per heavy atom. The SMILES string of the molecule is CCOC(=O)c1c(-c2cccc(OCC3CC3)c2)c2cc(OC=O)ccc2n1Cc1cccc(OC)c1. The maximum atomic E-state index is 13.5. The van der Waals surface area contributed by atoms with Crippen LogP contribution in [0, 0.1) is 5.92 Å². The van der Waals surface area contributed by atoms with E-state index in [-0.39, 0.29) is 6.61 Å². The lowest BCUT2D eigenvalue weighted by molar-refractivity contribution is -0.120. The molecule has 0 unspecified atom stereocenters. The first kappa shape index (κ1) is 24.4. The van der Waals surface area contributed by atoms with Crippen LogP contribution in [0.5, 0.6) is 17.2 Å². The highest BCUT2D eigenvalue weighted by atomic mass is 16.5. The maximum absolute atomic E-state index is 13.5. The minimum atomic E-state index is -0.432. The Balaban J connectivity index is 1.71. The van der Waals surface area contributed by atoms with E-state index in [0.29, 0.717) is 42.5 Å². The third kappa shape index (κ3) is 5.31. The number of rotatable bonds is 11. The molecule has 0 spiro atoms. The van der Waals surface area contributed by atoms with Crippen molar-refractivity contribution in [1.29, 1.82) is 0 Å². The summed E-state index contributed by atoms with van der Waals surface area (Å²) in [7, 11) is 1.62. The first-order valence-electron chi connectivity index (χ1n) is 12.4. The van der Waals surface area contributed by atoms with Gasteiger partial charge in [-0.3, -0.25) is 4.79 Å². The van der Waals surface area contributed by atoms with Crippen molar-refractivity contribution in [1.82, 2.24) is 4.57 Å². The van der Waals surface area contributed by atoms with E-state index in [1.807, 2.05) is 59.2 Å². The predicted molar refractivity (Wildman–Crippen MR) is 140 cm³/mol. The molecule has 5 rings (SSSR count). The second kappa shape index (κ2) is 10.8. The molecule has 1 saturated carbocycles. The van der Waals surface area contributed by atoms with E-state index in [0.717, 1.165) is 33.5 Å². The van der Waals surface area contributed by atoms with E-state index in [2.05, 4.69) is 0 Å². The molecule has 37 heavy (non-hydrogen) atoms. The third-order valence-electron chi connectivity index (χ3n) is 6.47. The van der Waals surface area contributed by atoms with Gasteiger partial charge in [-0.1, -0.05) is 24.3 Å². The number of nitrogens with zero attached hydrogens (tertiary/aromatic N) is 1. The Kier molecular flexibility index (Phi) is 7.12. The van der Waals surface area contributed by atoms with Crippen LogP contribution in [0.3, 0.4) is 0 Å². The van der Waals surface area contributed by atoms with Gasteiger partial charge in [-0.25, -0.2) is 4.79 Å². The molecule has 1 aliphatic rings. The maximum Gasteiger partial charge on any atom is 0.355 e. The minimum Gasteiger partial charge on any atom is -0.497 e. The van der Waals surface area contributed by atoms with Crippen molar-refractivity contribution in [2.75, 3.05) is 20.3 Å². The molecule has 7 nitrogen and oxygen atoms in total. The minimum absolute atomic E-state index is 0.239. The highest BCUT2D eigenvalue weighted by Gasteiger charge is 2.26. The fraction of sp³-hybridized carbons (Fsp3) is 0.267. The number of aromatic nitrogens is 1. The van der Waals surface area contributed by atoms with Gasteiger partial charge in [0.25, 0.3) is 6.47 Å². The van der Waals surface area contributed by atoms with E-state index in [9.17, 15) is 9.59 Å². The van der Waals surface area contributed by atoms with Crippen LogP contribution in [0.1, 0.15) is 35.8 Å². The quantitative estimate of drug-likeness (QED) is 0.190. The smallest absolute Gasteiger partial charge is 0.355 e. The van der Waals surface area contributed by atoms with Crippen molar-refractivity contribution in [2.24, 2.45) is 5.92 Å². The Morgan fingerprint density at radius 1 is 1.00 bits per heavy atom. The third-order valence-corrected chi connectivity index (χ3v) is 6.47. The van der Waals surface area contributed by atoms with Crippen LogP contribution in [0.2, 0.25) is 0 Å². The summed E-state index contributed by atoms with van der Waals surface area (Å²) in [5, 5.41) is 0.768. The number of fused-ring (bicyclic) bond motifs is 1. The molecule has 0 radical (unpaired) electrons. The molecule has 0 N–H and O–H groups in total. The van der Waals surface area contributed by atoms with Crippen molar-refractivity contribution >= 4 is 23.3 Å². The zero-order chi connectivity index (χ0) is 25.8. The average Bonchev–Trinajstić information content (AvgIpc) is 3.70. The first-order valence-corrected chi connectivity index (χ1v) is 12.4. The normalized spacial score (nSPS) is 12.8. The van der Waals surface area contributed by atoms with E-state index >= 15 is 0 Å². The van der Waals surface area contributed by atoms with E-state index < -0.39 is 5.97 Å². The number of hydrogen-bond acceptors (Lipinski definition) is 6. The summed E-state index contributed by atoms with van der Waals surface area (Å²) < 4.78 is 24.1. The number of esters is 1. The van der Waals surface area contributed by atoms with Crippen molar-refractivity contribution < 1.29 is 28.5 Å². The van der Waals surface area contributed by atoms with Crippen LogP contribution in [0.25, 0.3) is 22.0 Å². The molecule has 1 fully saturated rings. The topological polar surface area (TPSA) is 76.0 Å². The molecule has 4 aromatic rings. The summed E-state index contributed by atoms with van der Waals surface area (Å²) in [5.74, 6) is 2.05. The molecule has 1 heterocycles. The van der Waals surface area contributed by atoms with Gasteiger partial charge in [-0.15, -0.1) is 0 Å². The second-order valence-corrected chi connectivity index (χ2v) is 9.06. The molecule has 0 aliphatic heterocycles. The summed E-state index contributed by atoms with van der Waals surface area (Å²) in [4.78, 5) is 24.6. The largest absolute Gasteiger partial charge is 0.497 e. The van der Waals surface area contributed by atoms with E-state index in [1.165, 1.54) is 12.8 Å². The highest BCUT2D eigenvalue weighted by molar-refractivity contribution is 6.09.